The van der Waals surface area contributed by atoms with Crippen LogP contribution in [0.4, 0.5) is 0 Å². The molecule has 5 nitrogen and oxygen atoms in total. The maximum absolute atomic E-state index is 12.3. The van der Waals surface area contributed by atoms with Crippen molar-refractivity contribution >= 4 is 29.0 Å². The second kappa shape index (κ2) is 7.09. The van der Waals surface area contributed by atoms with Crippen LogP contribution in [0.5, 0.6) is 0 Å². The van der Waals surface area contributed by atoms with Gasteiger partial charge in [-0.05, 0) is 20.8 Å². The van der Waals surface area contributed by atoms with E-state index in [1.807, 2.05) is 26.2 Å². The maximum Gasteiger partial charge on any atom is 0.232 e. The summed E-state index contributed by atoms with van der Waals surface area (Å²) in [6, 6.07) is 0. The number of morpholine rings is 1. The van der Waals surface area contributed by atoms with Crippen LogP contribution < -0.4 is 0 Å². The summed E-state index contributed by atoms with van der Waals surface area (Å²) in [4.78, 5) is 18.5. The number of ether oxygens (including phenoxy) is 1. The van der Waals surface area contributed by atoms with Crippen molar-refractivity contribution in [2.75, 3.05) is 25.4 Å². The van der Waals surface area contributed by atoms with Crippen LogP contribution in [0.25, 0.3) is 0 Å². The average Bonchev–Trinajstić information content (AvgIpc) is 2.82. The number of thiazole rings is 1. The Morgan fingerprint density at radius 1 is 1.67 bits per heavy atom. The Bertz CT molecular complexity index is 490. The lowest BCUT2D eigenvalue weighted by Gasteiger charge is -2.42. The Kier molecular flexibility index (Phi) is 5.65. The maximum atomic E-state index is 12.3. The first kappa shape index (κ1) is 16.7. The van der Waals surface area contributed by atoms with Gasteiger partial charge in [0.15, 0.2) is 0 Å². The number of aliphatic hydroxyl groups is 1. The Morgan fingerprint density at radius 2 is 2.43 bits per heavy atom. The fourth-order valence-electron chi connectivity index (χ4n) is 2.39. The molecular weight excluding hydrogens is 308 g/mol. The van der Waals surface area contributed by atoms with Crippen LogP contribution in [-0.4, -0.2) is 58.1 Å². The minimum absolute atomic E-state index is 0.0571. The standard InChI is InChI=1S/C14H22N2O3S2/c1-10-15-11(7-21-10)6-20-8-13(18)16-4-12(5-17)19-14(2,3)9-16/h7,12,17H,4-6,8-9H2,1-3H3. The molecule has 0 radical (unpaired) electrons. The van der Waals surface area contributed by atoms with Crippen LogP contribution in [0.15, 0.2) is 5.38 Å². The zero-order chi connectivity index (χ0) is 15.5. The van der Waals surface area contributed by atoms with E-state index in [0.717, 1.165) is 16.5 Å². The topological polar surface area (TPSA) is 62.7 Å². The minimum atomic E-state index is -0.405. The van der Waals surface area contributed by atoms with Gasteiger partial charge in [-0.15, -0.1) is 23.1 Å². The Hall–Kier alpha value is -0.630. The third kappa shape index (κ3) is 4.95. The highest BCUT2D eigenvalue weighted by atomic mass is 32.2. The first-order chi connectivity index (χ1) is 9.89. The molecule has 1 aliphatic rings. The molecule has 0 spiro atoms. The van der Waals surface area contributed by atoms with E-state index < -0.39 is 5.60 Å². The molecule has 2 rings (SSSR count). The van der Waals surface area contributed by atoms with E-state index in [-0.39, 0.29) is 18.6 Å². The first-order valence-corrected chi connectivity index (χ1v) is 8.98. The van der Waals surface area contributed by atoms with Crippen molar-refractivity contribution in [1.29, 1.82) is 0 Å². The number of amides is 1. The number of rotatable bonds is 5. The Labute approximate surface area is 133 Å². The van der Waals surface area contributed by atoms with Gasteiger partial charge in [0.2, 0.25) is 5.91 Å². The van der Waals surface area contributed by atoms with Crippen molar-refractivity contribution in [3.8, 4) is 0 Å². The molecule has 1 atom stereocenters. The van der Waals surface area contributed by atoms with Gasteiger partial charge >= 0.3 is 0 Å². The molecule has 1 aromatic rings. The first-order valence-electron chi connectivity index (χ1n) is 6.95. The Balaban J connectivity index is 1.82. The van der Waals surface area contributed by atoms with Gasteiger partial charge in [0.25, 0.3) is 0 Å². The van der Waals surface area contributed by atoms with Crippen LogP contribution in [0, 0.1) is 6.92 Å². The molecule has 1 unspecified atom stereocenters. The molecule has 0 aliphatic carbocycles. The number of carbonyl (C=O) groups is 1. The third-order valence-electron chi connectivity index (χ3n) is 3.18. The van der Waals surface area contributed by atoms with Gasteiger partial charge in [-0.2, -0.15) is 0 Å². The van der Waals surface area contributed by atoms with Crippen molar-refractivity contribution in [3.63, 3.8) is 0 Å². The highest BCUT2D eigenvalue weighted by molar-refractivity contribution is 7.99. The van der Waals surface area contributed by atoms with E-state index in [4.69, 9.17) is 4.74 Å². The van der Waals surface area contributed by atoms with E-state index in [2.05, 4.69) is 4.98 Å². The van der Waals surface area contributed by atoms with Gasteiger partial charge in [-0.1, -0.05) is 0 Å². The Morgan fingerprint density at radius 3 is 3.05 bits per heavy atom. The van der Waals surface area contributed by atoms with Crippen molar-refractivity contribution in [2.45, 2.75) is 38.2 Å². The number of carbonyl (C=O) groups excluding carboxylic acids is 1. The van der Waals surface area contributed by atoms with Crippen LogP contribution in [-0.2, 0) is 15.3 Å². The number of aromatic nitrogens is 1. The molecule has 0 aromatic carbocycles. The van der Waals surface area contributed by atoms with E-state index in [1.165, 1.54) is 0 Å². The lowest BCUT2D eigenvalue weighted by atomic mass is 10.1. The van der Waals surface area contributed by atoms with Crippen LogP contribution in [0.3, 0.4) is 0 Å². The van der Waals surface area contributed by atoms with Crippen LogP contribution in [0.1, 0.15) is 24.5 Å². The van der Waals surface area contributed by atoms with Crippen LogP contribution >= 0.6 is 23.1 Å². The van der Waals surface area contributed by atoms with E-state index in [1.54, 1.807) is 28.0 Å². The molecule has 1 saturated heterocycles. The average molecular weight is 330 g/mol. The summed E-state index contributed by atoms with van der Waals surface area (Å²) in [6.07, 6.45) is -0.288. The quantitative estimate of drug-likeness (QED) is 0.890. The number of aliphatic hydroxyl groups excluding tert-OH is 1. The summed E-state index contributed by atoms with van der Waals surface area (Å²) in [5.74, 6) is 1.29. The van der Waals surface area contributed by atoms with E-state index in [9.17, 15) is 9.90 Å². The van der Waals surface area contributed by atoms with E-state index in [0.29, 0.717) is 18.8 Å². The van der Waals surface area contributed by atoms with Crippen molar-refractivity contribution < 1.29 is 14.6 Å². The van der Waals surface area contributed by atoms with Gasteiger partial charge < -0.3 is 14.7 Å². The lowest BCUT2D eigenvalue weighted by molar-refractivity contribution is -0.165. The zero-order valence-electron chi connectivity index (χ0n) is 12.7. The molecule has 1 N–H and O–H groups in total. The minimum Gasteiger partial charge on any atom is -0.394 e. The molecule has 1 fully saturated rings. The van der Waals surface area contributed by atoms with Gasteiger partial charge in [0.1, 0.15) is 0 Å². The molecule has 1 aromatic heterocycles. The summed E-state index contributed by atoms with van der Waals surface area (Å²) < 4.78 is 5.72. The molecule has 21 heavy (non-hydrogen) atoms. The van der Waals surface area contributed by atoms with E-state index >= 15 is 0 Å². The molecule has 2 heterocycles. The summed E-state index contributed by atoms with van der Waals surface area (Å²) in [6.45, 7) is 6.85. The highest BCUT2D eigenvalue weighted by Gasteiger charge is 2.35. The number of thioether (sulfide) groups is 1. The monoisotopic (exact) mass is 330 g/mol. The summed E-state index contributed by atoms with van der Waals surface area (Å²) in [5, 5.41) is 12.4. The SMILES string of the molecule is Cc1nc(CSCC(=O)N2CC(CO)OC(C)(C)C2)cs1. The van der Waals surface area contributed by atoms with Gasteiger partial charge in [-0.25, -0.2) is 4.98 Å². The van der Waals surface area contributed by atoms with Crippen molar-refractivity contribution in [2.24, 2.45) is 0 Å². The van der Waals surface area contributed by atoms with Gasteiger partial charge in [0, 0.05) is 24.2 Å². The lowest BCUT2D eigenvalue weighted by Crippen LogP contribution is -2.56. The largest absolute Gasteiger partial charge is 0.394 e. The molecule has 1 aliphatic heterocycles. The molecule has 7 heteroatoms. The van der Waals surface area contributed by atoms with Gasteiger partial charge in [-0.3, -0.25) is 4.79 Å². The number of nitrogens with zero attached hydrogens (tertiary/aromatic N) is 2. The molecule has 0 saturated carbocycles. The summed E-state index contributed by atoms with van der Waals surface area (Å²) >= 11 is 3.21. The van der Waals surface area contributed by atoms with Crippen LogP contribution in [0.2, 0.25) is 0 Å². The normalized spacial score (nSPS) is 21.5. The van der Waals surface area contributed by atoms with Crippen molar-refractivity contribution in [3.05, 3.63) is 16.1 Å². The summed E-state index contributed by atoms with van der Waals surface area (Å²) in [5.41, 5.74) is 0.628. The molecular formula is C14H22N2O3S2. The number of hydrogen-bond acceptors (Lipinski definition) is 6. The molecule has 0 bridgehead atoms. The third-order valence-corrected chi connectivity index (χ3v) is 4.95. The fraction of sp³-hybridized carbons (Fsp3) is 0.714. The number of hydrogen-bond donors (Lipinski definition) is 1. The predicted molar refractivity (Wildman–Crippen MR) is 85.6 cm³/mol. The molecule has 118 valence electrons. The predicted octanol–water partition coefficient (Wildman–Crippen LogP) is 1.68. The van der Waals surface area contributed by atoms with Crippen molar-refractivity contribution in [1.82, 2.24) is 9.88 Å². The number of aryl methyl sites for hydroxylation is 1. The smallest absolute Gasteiger partial charge is 0.232 e. The molecule has 1 amide bonds. The second-order valence-corrected chi connectivity index (χ2v) is 7.85. The highest BCUT2D eigenvalue weighted by Crippen LogP contribution is 2.22. The summed E-state index contributed by atoms with van der Waals surface area (Å²) in [7, 11) is 0. The fourth-order valence-corrected chi connectivity index (χ4v) is 3.92. The zero-order valence-corrected chi connectivity index (χ0v) is 14.3. The second-order valence-electron chi connectivity index (χ2n) is 5.81. The van der Waals surface area contributed by atoms with Gasteiger partial charge in [0.05, 0.1) is 34.8 Å².